The van der Waals surface area contributed by atoms with Crippen LogP contribution in [-0.4, -0.2) is 41.5 Å². The third kappa shape index (κ3) is 2.00. The quantitative estimate of drug-likeness (QED) is 0.905. The average Bonchev–Trinajstić information content (AvgIpc) is 2.36. The van der Waals surface area contributed by atoms with Crippen LogP contribution in [0.4, 0.5) is 0 Å². The molecular formula is C14H16N2O3S. The molecule has 0 saturated carbocycles. The normalized spacial score (nSPS) is 18.9. The van der Waals surface area contributed by atoms with Crippen LogP contribution in [0.5, 0.6) is 0 Å². The van der Waals surface area contributed by atoms with Crippen LogP contribution in [0.3, 0.4) is 0 Å². The van der Waals surface area contributed by atoms with Crippen molar-refractivity contribution in [2.75, 3.05) is 13.1 Å². The number of pyridine rings is 1. The van der Waals surface area contributed by atoms with Crippen LogP contribution in [0.2, 0.25) is 0 Å². The Balaban J connectivity index is 2.14. The first kappa shape index (κ1) is 13.5. The Hall–Kier alpha value is -1.50. The zero-order valence-electron chi connectivity index (χ0n) is 11.4. The summed E-state index contributed by atoms with van der Waals surface area (Å²) in [7, 11) is -3.58. The van der Waals surface area contributed by atoms with Crippen LogP contribution in [-0.2, 0) is 10.0 Å². The molecule has 5 nitrogen and oxygen atoms in total. The van der Waals surface area contributed by atoms with Gasteiger partial charge >= 0.3 is 0 Å². The zero-order chi connectivity index (χ0) is 14.5. The van der Waals surface area contributed by atoms with Gasteiger partial charge in [-0.05, 0) is 37.6 Å². The molecule has 2 heterocycles. The van der Waals surface area contributed by atoms with Crippen molar-refractivity contribution < 1.29 is 13.5 Å². The minimum absolute atomic E-state index is 0.130. The number of nitrogens with zero attached hydrogens (tertiary/aromatic N) is 2. The van der Waals surface area contributed by atoms with Gasteiger partial charge in [-0.25, -0.2) is 8.42 Å². The summed E-state index contributed by atoms with van der Waals surface area (Å²) >= 11 is 0. The molecule has 2 aromatic rings. The fraction of sp³-hybridized carbons (Fsp3) is 0.357. The molecule has 1 saturated heterocycles. The minimum Gasteiger partial charge on any atom is -0.387 e. The maximum absolute atomic E-state index is 12.6. The first-order valence-electron chi connectivity index (χ1n) is 6.38. The van der Waals surface area contributed by atoms with Crippen LogP contribution >= 0.6 is 0 Å². The van der Waals surface area contributed by atoms with Crippen LogP contribution in [0.15, 0.2) is 35.4 Å². The molecule has 0 atom stereocenters. The smallest absolute Gasteiger partial charge is 0.243 e. The summed E-state index contributed by atoms with van der Waals surface area (Å²) in [5, 5.41) is 10.4. The highest BCUT2D eigenvalue weighted by Gasteiger charge is 2.44. The van der Waals surface area contributed by atoms with Gasteiger partial charge in [-0.2, -0.15) is 4.31 Å². The lowest BCUT2D eigenvalue weighted by Gasteiger charge is -2.42. The number of benzene rings is 1. The fourth-order valence-corrected chi connectivity index (χ4v) is 4.39. The molecule has 0 unspecified atom stereocenters. The van der Waals surface area contributed by atoms with Crippen molar-refractivity contribution in [3.63, 3.8) is 0 Å². The molecule has 0 spiro atoms. The molecule has 20 heavy (non-hydrogen) atoms. The van der Waals surface area contributed by atoms with Gasteiger partial charge in [-0.15, -0.1) is 0 Å². The first-order chi connectivity index (χ1) is 9.31. The standard InChI is InChI=1S/C14H16N2O3S/c1-10-5-6-12(11-4-3-7-15-13(10)11)20(18,19)16-8-14(2,17)9-16/h3-7,17H,8-9H2,1-2H3. The number of fused-ring (bicyclic) bond motifs is 1. The number of aliphatic hydroxyl groups is 1. The monoisotopic (exact) mass is 292 g/mol. The second kappa shape index (κ2) is 4.25. The maximum Gasteiger partial charge on any atom is 0.243 e. The minimum atomic E-state index is -3.58. The predicted molar refractivity (Wildman–Crippen MR) is 75.9 cm³/mol. The molecule has 3 rings (SSSR count). The number of β-amino-alcohol motifs (C(OH)–C–C–N with tert-alkyl or cyclic N) is 1. The molecule has 1 aliphatic heterocycles. The molecule has 106 valence electrons. The van der Waals surface area contributed by atoms with E-state index in [1.807, 2.05) is 6.92 Å². The zero-order valence-corrected chi connectivity index (χ0v) is 12.2. The van der Waals surface area contributed by atoms with E-state index in [2.05, 4.69) is 4.98 Å². The summed E-state index contributed by atoms with van der Waals surface area (Å²) in [6.07, 6.45) is 1.65. The van der Waals surface area contributed by atoms with Gasteiger partial charge in [0.05, 0.1) is 16.0 Å². The number of rotatable bonds is 2. The lowest BCUT2D eigenvalue weighted by molar-refractivity contribution is -0.0426. The van der Waals surface area contributed by atoms with Crippen LogP contribution < -0.4 is 0 Å². The molecule has 1 fully saturated rings. The molecular weight excluding hydrogens is 276 g/mol. The first-order valence-corrected chi connectivity index (χ1v) is 7.82. The topological polar surface area (TPSA) is 70.5 Å². The third-order valence-corrected chi connectivity index (χ3v) is 5.43. The van der Waals surface area contributed by atoms with Gasteiger partial charge in [0.2, 0.25) is 10.0 Å². The van der Waals surface area contributed by atoms with Crippen molar-refractivity contribution in [2.24, 2.45) is 0 Å². The van der Waals surface area contributed by atoms with E-state index < -0.39 is 15.6 Å². The van der Waals surface area contributed by atoms with Gasteiger partial charge in [0.15, 0.2) is 0 Å². The van der Waals surface area contributed by atoms with Gasteiger partial charge in [0.25, 0.3) is 0 Å². The van der Waals surface area contributed by atoms with E-state index in [-0.39, 0.29) is 18.0 Å². The largest absolute Gasteiger partial charge is 0.387 e. The summed E-state index contributed by atoms with van der Waals surface area (Å²) < 4.78 is 26.5. The van der Waals surface area contributed by atoms with Gasteiger partial charge in [-0.1, -0.05) is 6.07 Å². The highest BCUT2D eigenvalue weighted by molar-refractivity contribution is 7.89. The summed E-state index contributed by atoms with van der Waals surface area (Å²) in [5.41, 5.74) is 0.710. The third-order valence-electron chi connectivity index (χ3n) is 3.58. The van der Waals surface area contributed by atoms with E-state index in [1.54, 1.807) is 37.4 Å². The van der Waals surface area contributed by atoms with E-state index in [1.165, 1.54) is 4.31 Å². The molecule has 1 aromatic heterocycles. The number of aromatic nitrogens is 1. The summed E-state index contributed by atoms with van der Waals surface area (Å²) in [6.45, 7) is 3.80. The Morgan fingerprint density at radius 1 is 1.30 bits per heavy atom. The van der Waals surface area contributed by atoms with E-state index in [0.29, 0.717) is 10.9 Å². The second-order valence-corrected chi connectivity index (χ2v) is 7.46. The summed E-state index contributed by atoms with van der Waals surface area (Å²) in [4.78, 5) is 4.51. The van der Waals surface area contributed by atoms with Crippen molar-refractivity contribution in [1.29, 1.82) is 0 Å². The molecule has 0 amide bonds. The van der Waals surface area contributed by atoms with E-state index in [9.17, 15) is 13.5 Å². The number of hydrogen-bond donors (Lipinski definition) is 1. The molecule has 1 aromatic carbocycles. The van der Waals surface area contributed by atoms with Crippen LogP contribution in [0, 0.1) is 6.92 Å². The van der Waals surface area contributed by atoms with Gasteiger partial charge in [-0.3, -0.25) is 4.98 Å². The van der Waals surface area contributed by atoms with Gasteiger partial charge in [0, 0.05) is 24.7 Å². The number of aryl methyl sites for hydroxylation is 1. The summed E-state index contributed by atoms with van der Waals surface area (Å²) in [6, 6.07) is 6.87. The highest BCUT2D eigenvalue weighted by atomic mass is 32.2. The second-order valence-electron chi connectivity index (χ2n) is 5.55. The predicted octanol–water partition coefficient (Wildman–Crippen LogP) is 1.30. The Morgan fingerprint density at radius 2 is 2.00 bits per heavy atom. The Morgan fingerprint density at radius 3 is 2.65 bits per heavy atom. The molecule has 1 aliphatic rings. The lowest BCUT2D eigenvalue weighted by Crippen LogP contribution is -2.61. The fourth-order valence-electron chi connectivity index (χ4n) is 2.54. The van der Waals surface area contributed by atoms with Crippen molar-refractivity contribution in [3.8, 4) is 0 Å². The van der Waals surface area contributed by atoms with E-state index >= 15 is 0 Å². The van der Waals surface area contributed by atoms with Crippen molar-refractivity contribution >= 4 is 20.9 Å². The number of hydrogen-bond acceptors (Lipinski definition) is 4. The molecule has 0 radical (unpaired) electrons. The average molecular weight is 292 g/mol. The van der Waals surface area contributed by atoms with Crippen LogP contribution in [0.25, 0.3) is 10.9 Å². The van der Waals surface area contributed by atoms with Crippen molar-refractivity contribution in [2.45, 2.75) is 24.3 Å². The molecule has 1 N–H and O–H groups in total. The summed E-state index contributed by atoms with van der Waals surface area (Å²) in [5.74, 6) is 0. The van der Waals surface area contributed by atoms with Gasteiger partial charge in [0.1, 0.15) is 0 Å². The Kier molecular flexibility index (Phi) is 2.86. The van der Waals surface area contributed by atoms with Crippen molar-refractivity contribution in [1.82, 2.24) is 9.29 Å². The molecule has 0 aliphatic carbocycles. The van der Waals surface area contributed by atoms with Gasteiger partial charge < -0.3 is 5.11 Å². The van der Waals surface area contributed by atoms with Crippen molar-refractivity contribution in [3.05, 3.63) is 36.0 Å². The SMILES string of the molecule is Cc1ccc(S(=O)(=O)N2CC(C)(O)C2)c2cccnc12. The highest BCUT2D eigenvalue weighted by Crippen LogP contribution is 2.31. The number of sulfonamides is 1. The Labute approximate surface area is 117 Å². The Bertz CT molecular complexity index is 776. The molecule has 0 bridgehead atoms. The lowest BCUT2D eigenvalue weighted by atomic mass is 10.0. The van der Waals surface area contributed by atoms with E-state index in [0.717, 1.165) is 5.56 Å². The van der Waals surface area contributed by atoms with E-state index in [4.69, 9.17) is 0 Å². The van der Waals surface area contributed by atoms with Crippen LogP contribution in [0.1, 0.15) is 12.5 Å². The molecule has 6 heteroatoms. The maximum atomic E-state index is 12.6.